The van der Waals surface area contributed by atoms with Gasteiger partial charge in [0.25, 0.3) is 0 Å². The maximum Gasteiger partial charge on any atom is 0.222 e. The van der Waals surface area contributed by atoms with Crippen molar-refractivity contribution in [1.29, 1.82) is 5.26 Å². The fraction of sp³-hybridized carbons (Fsp3) is 0.538. The van der Waals surface area contributed by atoms with Crippen molar-refractivity contribution in [2.24, 2.45) is 7.05 Å². The van der Waals surface area contributed by atoms with Crippen molar-refractivity contribution in [3.63, 3.8) is 0 Å². The molecule has 18 heavy (non-hydrogen) atoms. The number of rotatable bonds is 3. The Morgan fingerprint density at radius 2 is 2.33 bits per heavy atom. The van der Waals surface area contributed by atoms with Crippen LogP contribution in [-0.4, -0.2) is 35.0 Å². The molecule has 1 saturated heterocycles. The number of nitrogens with zero attached hydrogens (tertiary/aromatic N) is 3. The van der Waals surface area contributed by atoms with E-state index >= 15 is 0 Å². The third-order valence-electron chi connectivity index (χ3n) is 3.40. The number of hydrogen-bond acceptors (Lipinski definition) is 3. The zero-order chi connectivity index (χ0) is 13.1. The molecule has 0 saturated carbocycles. The maximum absolute atomic E-state index is 11.4. The molecule has 2 rings (SSSR count). The van der Waals surface area contributed by atoms with Gasteiger partial charge in [0.2, 0.25) is 5.91 Å². The van der Waals surface area contributed by atoms with E-state index in [4.69, 9.17) is 5.26 Å². The standard InChI is InChI=1S/C13H18N4O/c1-16-8-10(5-12(16)6-14)7-15-11-3-4-13(18)17(2)9-11/h5,8,11,15H,3-4,7,9H2,1-2H3. The van der Waals surface area contributed by atoms with E-state index in [1.807, 2.05) is 30.9 Å². The summed E-state index contributed by atoms with van der Waals surface area (Å²) in [6.07, 6.45) is 3.47. The van der Waals surface area contributed by atoms with Crippen molar-refractivity contribution >= 4 is 5.91 Å². The molecule has 0 spiro atoms. The van der Waals surface area contributed by atoms with Crippen LogP contribution in [0.2, 0.25) is 0 Å². The molecule has 1 atom stereocenters. The van der Waals surface area contributed by atoms with E-state index < -0.39 is 0 Å². The van der Waals surface area contributed by atoms with Crippen LogP contribution in [0, 0.1) is 11.3 Å². The zero-order valence-corrected chi connectivity index (χ0v) is 10.8. The van der Waals surface area contributed by atoms with Crippen LogP contribution in [0.4, 0.5) is 0 Å². The number of carbonyl (C=O) groups is 1. The second-order valence-electron chi connectivity index (χ2n) is 4.85. The van der Waals surface area contributed by atoms with E-state index in [0.717, 1.165) is 25.1 Å². The Morgan fingerprint density at radius 1 is 1.56 bits per heavy atom. The van der Waals surface area contributed by atoms with Crippen LogP contribution in [0.3, 0.4) is 0 Å². The smallest absolute Gasteiger partial charge is 0.222 e. The lowest BCUT2D eigenvalue weighted by atomic mass is 10.1. The third-order valence-corrected chi connectivity index (χ3v) is 3.40. The molecule has 96 valence electrons. The minimum Gasteiger partial charge on any atom is -0.344 e. The Morgan fingerprint density at radius 3 is 2.94 bits per heavy atom. The molecular formula is C13H18N4O. The van der Waals surface area contributed by atoms with Gasteiger partial charge in [-0.1, -0.05) is 0 Å². The largest absolute Gasteiger partial charge is 0.344 e. The van der Waals surface area contributed by atoms with Crippen LogP contribution in [-0.2, 0) is 18.4 Å². The fourth-order valence-electron chi connectivity index (χ4n) is 2.28. The Bertz CT molecular complexity index is 486. The van der Waals surface area contributed by atoms with Gasteiger partial charge < -0.3 is 14.8 Å². The van der Waals surface area contributed by atoms with Gasteiger partial charge in [-0.3, -0.25) is 4.79 Å². The number of hydrogen-bond donors (Lipinski definition) is 1. The molecule has 1 N–H and O–H groups in total. The zero-order valence-electron chi connectivity index (χ0n) is 10.8. The Hall–Kier alpha value is -1.80. The number of likely N-dealkylation sites (N-methyl/N-ethyl adjacent to an activating group) is 1. The highest BCUT2D eigenvalue weighted by Gasteiger charge is 2.22. The molecule has 1 aliphatic rings. The Kier molecular flexibility index (Phi) is 3.68. The van der Waals surface area contributed by atoms with Gasteiger partial charge in [-0.25, -0.2) is 0 Å². The van der Waals surface area contributed by atoms with Crippen molar-refractivity contribution in [3.05, 3.63) is 23.5 Å². The summed E-state index contributed by atoms with van der Waals surface area (Å²) in [6.45, 7) is 1.50. The molecule has 0 radical (unpaired) electrons. The van der Waals surface area contributed by atoms with Gasteiger partial charge in [0.05, 0.1) is 0 Å². The Balaban J connectivity index is 1.88. The predicted octanol–water partition coefficient (Wildman–Crippen LogP) is 0.607. The summed E-state index contributed by atoms with van der Waals surface area (Å²) in [5.74, 6) is 0.222. The molecule has 5 heteroatoms. The molecule has 0 aliphatic carbocycles. The van der Waals surface area contributed by atoms with E-state index in [0.29, 0.717) is 18.2 Å². The molecule has 1 aromatic heterocycles. The first-order valence-corrected chi connectivity index (χ1v) is 6.13. The molecule has 0 aromatic carbocycles. The van der Waals surface area contributed by atoms with Gasteiger partial charge in [-0.2, -0.15) is 5.26 Å². The van der Waals surface area contributed by atoms with Crippen LogP contribution >= 0.6 is 0 Å². The summed E-state index contributed by atoms with van der Waals surface area (Å²) in [4.78, 5) is 13.1. The number of aromatic nitrogens is 1. The van der Waals surface area contributed by atoms with E-state index in [2.05, 4.69) is 11.4 Å². The lowest BCUT2D eigenvalue weighted by Crippen LogP contribution is -2.46. The number of likely N-dealkylation sites (tertiary alicyclic amines) is 1. The predicted molar refractivity (Wildman–Crippen MR) is 67.6 cm³/mol. The second-order valence-corrected chi connectivity index (χ2v) is 4.85. The lowest BCUT2D eigenvalue weighted by Gasteiger charge is -2.30. The number of carbonyl (C=O) groups excluding carboxylic acids is 1. The molecule has 1 aromatic rings. The lowest BCUT2D eigenvalue weighted by molar-refractivity contribution is -0.132. The Labute approximate surface area is 107 Å². The number of piperidine rings is 1. The highest BCUT2D eigenvalue weighted by atomic mass is 16.2. The highest BCUT2D eigenvalue weighted by Crippen LogP contribution is 2.11. The van der Waals surface area contributed by atoms with Crippen LogP contribution in [0.5, 0.6) is 0 Å². The SMILES string of the molecule is CN1CC(NCc2cc(C#N)n(C)c2)CCC1=O. The van der Waals surface area contributed by atoms with Gasteiger partial charge in [-0.05, 0) is 18.1 Å². The molecule has 1 fully saturated rings. The van der Waals surface area contributed by atoms with Crippen molar-refractivity contribution < 1.29 is 4.79 Å². The van der Waals surface area contributed by atoms with Gasteiger partial charge >= 0.3 is 0 Å². The monoisotopic (exact) mass is 246 g/mol. The van der Waals surface area contributed by atoms with Crippen LogP contribution in [0.1, 0.15) is 24.1 Å². The summed E-state index contributed by atoms with van der Waals surface area (Å²) in [6, 6.07) is 4.39. The average Bonchev–Trinajstić information content (AvgIpc) is 2.71. The average molecular weight is 246 g/mol. The van der Waals surface area contributed by atoms with E-state index in [1.165, 1.54) is 0 Å². The van der Waals surface area contributed by atoms with Crippen molar-refractivity contribution in [3.8, 4) is 6.07 Å². The summed E-state index contributed by atoms with van der Waals surface area (Å²) in [5.41, 5.74) is 1.77. The van der Waals surface area contributed by atoms with E-state index in [9.17, 15) is 4.79 Å². The van der Waals surface area contributed by atoms with Crippen molar-refractivity contribution in [2.75, 3.05) is 13.6 Å². The molecule has 5 nitrogen and oxygen atoms in total. The number of aryl methyl sites for hydroxylation is 1. The summed E-state index contributed by atoms with van der Waals surface area (Å²) in [5, 5.41) is 12.3. The maximum atomic E-state index is 11.4. The normalized spacial score (nSPS) is 19.9. The van der Waals surface area contributed by atoms with Crippen LogP contribution < -0.4 is 5.32 Å². The molecule has 2 heterocycles. The van der Waals surface area contributed by atoms with Gasteiger partial charge in [0.15, 0.2) is 0 Å². The van der Waals surface area contributed by atoms with Crippen molar-refractivity contribution in [1.82, 2.24) is 14.8 Å². The fourth-order valence-corrected chi connectivity index (χ4v) is 2.28. The third kappa shape index (κ3) is 2.71. The van der Waals surface area contributed by atoms with Crippen LogP contribution in [0.15, 0.2) is 12.3 Å². The number of amides is 1. The summed E-state index contributed by atoms with van der Waals surface area (Å²) >= 11 is 0. The second kappa shape index (κ2) is 5.23. The number of nitrogens with one attached hydrogen (secondary N) is 1. The summed E-state index contributed by atoms with van der Waals surface area (Å²) in [7, 11) is 3.71. The van der Waals surface area contributed by atoms with E-state index in [-0.39, 0.29) is 5.91 Å². The first-order valence-electron chi connectivity index (χ1n) is 6.13. The molecule has 1 amide bonds. The minimum absolute atomic E-state index is 0.222. The van der Waals surface area contributed by atoms with Crippen LogP contribution in [0.25, 0.3) is 0 Å². The van der Waals surface area contributed by atoms with Gasteiger partial charge in [0, 0.05) is 45.8 Å². The highest BCUT2D eigenvalue weighted by molar-refractivity contribution is 5.76. The quantitative estimate of drug-likeness (QED) is 0.850. The first kappa shape index (κ1) is 12.7. The first-order chi connectivity index (χ1) is 8.60. The molecule has 1 aliphatic heterocycles. The van der Waals surface area contributed by atoms with Gasteiger partial charge in [0.1, 0.15) is 11.8 Å². The summed E-state index contributed by atoms with van der Waals surface area (Å²) < 4.78 is 1.83. The van der Waals surface area contributed by atoms with Gasteiger partial charge in [-0.15, -0.1) is 0 Å². The van der Waals surface area contributed by atoms with Crippen molar-refractivity contribution in [2.45, 2.75) is 25.4 Å². The topological polar surface area (TPSA) is 61.1 Å². The minimum atomic E-state index is 0.222. The molecular weight excluding hydrogens is 228 g/mol. The molecule has 0 bridgehead atoms. The molecule has 1 unspecified atom stereocenters. The van der Waals surface area contributed by atoms with E-state index in [1.54, 1.807) is 4.90 Å². The number of nitriles is 1.